The number of esters is 1. The van der Waals surface area contributed by atoms with Crippen molar-refractivity contribution in [2.75, 3.05) is 26.2 Å². The van der Waals surface area contributed by atoms with Crippen LogP contribution in [0.5, 0.6) is 0 Å². The number of hydrogen-bond acceptors (Lipinski definition) is 5. The molecular weight excluding hydrogens is 262 g/mol. The van der Waals surface area contributed by atoms with Gasteiger partial charge in [-0.2, -0.15) is 0 Å². The van der Waals surface area contributed by atoms with Crippen LogP contribution in [0.15, 0.2) is 0 Å². The predicted octanol–water partition coefficient (Wildman–Crippen LogP) is -0.981. The van der Waals surface area contributed by atoms with Crippen molar-refractivity contribution in [2.45, 2.75) is 38.3 Å². The zero-order valence-corrected chi connectivity index (χ0v) is 11.7. The van der Waals surface area contributed by atoms with E-state index in [1.807, 2.05) is 0 Å². The van der Waals surface area contributed by atoms with Gasteiger partial charge in [-0.25, -0.2) is 4.79 Å². The monoisotopic (exact) mass is 283 g/mol. The van der Waals surface area contributed by atoms with Gasteiger partial charge in [0, 0.05) is 13.1 Å². The molecule has 0 aromatic carbocycles. The van der Waals surface area contributed by atoms with E-state index in [2.05, 4.69) is 10.6 Å². The number of rotatable bonds is 3. The van der Waals surface area contributed by atoms with Crippen LogP contribution in [-0.4, -0.2) is 61.0 Å². The molecule has 0 aromatic heterocycles. The first-order chi connectivity index (χ1) is 9.63. The number of piperazine rings is 1. The Labute approximate surface area is 118 Å². The van der Waals surface area contributed by atoms with E-state index in [0.717, 1.165) is 12.8 Å². The van der Waals surface area contributed by atoms with Crippen LogP contribution in [0.25, 0.3) is 0 Å². The van der Waals surface area contributed by atoms with Crippen LogP contribution in [0.3, 0.4) is 0 Å². The molecule has 2 unspecified atom stereocenters. The fourth-order valence-corrected chi connectivity index (χ4v) is 2.62. The average Bonchev–Trinajstić information content (AvgIpc) is 2.47. The lowest BCUT2D eigenvalue weighted by Crippen LogP contribution is -2.61. The van der Waals surface area contributed by atoms with Crippen molar-refractivity contribution in [1.29, 1.82) is 0 Å². The summed E-state index contributed by atoms with van der Waals surface area (Å²) in [7, 11) is 0. The van der Waals surface area contributed by atoms with Crippen LogP contribution < -0.4 is 10.6 Å². The average molecular weight is 283 g/mol. The molecule has 0 radical (unpaired) electrons. The number of piperidine rings is 1. The molecule has 7 nitrogen and oxygen atoms in total. The van der Waals surface area contributed by atoms with Crippen molar-refractivity contribution < 1.29 is 19.1 Å². The molecule has 2 N–H and O–H groups in total. The van der Waals surface area contributed by atoms with Crippen molar-refractivity contribution in [3.8, 4) is 0 Å². The van der Waals surface area contributed by atoms with Gasteiger partial charge < -0.3 is 15.0 Å². The van der Waals surface area contributed by atoms with Crippen molar-refractivity contribution in [2.24, 2.45) is 0 Å². The van der Waals surface area contributed by atoms with Crippen molar-refractivity contribution in [1.82, 2.24) is 15.5 Å². The molecule has 2 aliphatic heterocycles. The number of ether oxygens (including phenoxy) is 1. The van der Waals surface area contributed by atoms with E-state index in [-0.39, 0.29) is 30.9 Å². The van der Waals surface area contributed by atoms with Gasteiger partial charge in [-0.1, -0.05) is 0 Å². The van der Waals surface area contributed by atoms with E-state index in [1.54, 1.807) is 11.8 Å². The number of nitrogens with one attached hydrogen (secondary N) is 2. The standard InChI is InChI=1S/C13H21N3O4/c1-2-20-13(19)10-5-3-4-6-16(10)12(18)9-7-15-11(17)8-14-9/h9-10,14H,2-8H2,1H3,(H,15,17). The molecule has 112 valence electrons. The maximum absolute atomic E-state index is 12.5. The van der Waals surface area contributed by atoms with Crippen LogP contribution in [0, 0.1) is 0 Å². The Bertz CT molecular complexity index is 389. The summed E-state index contributed by atoms with van der Waals surface area (Å²) < 4.78 is 5.04. The molecule has 2 amide bonds. The first kappa shape index (κ1) is 14.8. The van der Waals surface area contributed by atoms with Gasteiger partial charge in [0.05, 0.1) is 13.2 Å². The Morgan fingerprint density at radius 2 is 2.20 bits per heavy atom. The Hall–Kier alpha value is -1.63. The summed E-state index contributed by atoms with van der Waals surface area (Å²) in [6, 6.07) is -0.946. The van der Waals surface area contributed by atoms with E-state index in [0.29, 0.717) is 19.6 Å². The summed E-state index contributed by atoms with van der Waals surface area (Å²) in [5, 5.41) is 5.56. The maximum Gasteiger partial charge on any atom is 0.328 e. The number of hydrogen-bond donors (Lipinski definition) is 2. The van der Waals surface area contributed by atoms with Gasteiger partial charge in [0.25, 0.3) is 0 Å². The van der Waals surface area contributed by atoms with Gasteiger partial charge in [0.1, 0.15) is 12.1 Å². The van der Waals surface area contributed by atoms with E-state index < -0.39 is 12.1 Å². The Kier molecular flexibility index (Phi) is 4.94. The zero-order chi connectivity index (χ0) is 14.5. The van der Waals surface area contributed by atoms with Crippen LogP contribution in [0.4, 0.5) is 0 Å². The molecule has 0 aromatic rings. The summed E-state index contributed by atoms with van der Waals surface area (Å²) in [4.78, 5) is 37.1. The third kappa shape index (κ3) is 3.27. The van der Waals surface area contributed by atoms with Gasteiger partial charge in [0.2, 0.25) is 11.8 Å². The Morgan fingerprint density at radius 3 is 2.85 bits per heavy atom. The summed E-state index contributed by atoms with van der Waals surface area (Å²) in [6.45, 7) is 3.03. The minimum atomic E-state index is -0.490. The molecule has 7 heteroatoms. The smallest absolute Gasteiger partial charge is 0.328 e. The van der Waals surface area contributed by atoms with Gasteiger partial charge >= 0.3 is 5.97 Å². The fourth-order valence-electron chi connectivity index (χ4n) is 2.62. The van der Waals surface area contributed by atoms with E-state index in [1.165, 1.54) is 0 Å². The normalized spacial score (nSPS) is 26.9. The topological polar surface area (TPSA) is 87.7 Å². The van der Waals surface area contributed by atoms with E-state index >= 15 is 0 Å². The SMILES string of the molecule is CCOC(=O)C1CCCCN1C(=O)C1CNC(=O)CN1. The van der Waals surface area contributed by atoms with Gasteiger partial charge in [0.15, 0.2) is 0 Å². The zero-order valence-electron chi connectivity index (χ0n) is 11.7. The van der Waals surface area contributed by atoms with Gasteiger partial charge in [-0.15, -0.1) is 0 Å². The van der Waals surface area contributed by atoms with E-state index in [9.17, 15) is 14.4 Å². The number of carbonyl (C=O) groups excluding carboxylic acids is 3. The number of amides is 2. The molecule has 0 aliphatic carbocycles. The maximum atomic E-state index is 12.5. The second-order valence-corrected chi connectivity index (χ2v) is 5.03. The van der Waals surface area contributed by atoms with Crippen LogP contribution in [0.2, 0.25) is 0 Å². The fraction of sp³-hybridized carbons (Fsp3) is 0.769. The first-order valence-corrected chi connectivity index (χ1v) is 7.10. The van der Waals surface area contributed by atoms with Crippen LogP contribution in [0.1, 0.15) is 26.2 Å². The second-order valence-electron chi connectivity index (χ2n) is 5.03. The molecule has 0 saturated carbocycles. The van der Waals surface area contributed by atoms with Crippen molar-refractivity contribution >= 4 is 17.8 Å². The molecule has 0 bridgehead atoms. The lowest BCUT2D eigenvalue weighted by molar-refractivity contribution is -0.157. The van der Waals surface area contributed by atoms with Crippen LogP contribution in [-0.2, 0) is 19.1 Å². The summed E-state index contributed by atoms with van der Waals surface area (Å²) in [5.41, 5.74) is 0. The van der Waals surface area contributed by atoms with Gasteiger partial charge in [-0.3, -0.25) is 14.9 Å². The largest absolute Gasteiger partial charge is 0.464 e. The predicted molar refractivity (Wildman–Crippen MR) is 70.8 cm³/mol. The van der Waals surface area contributed by atoms with Crippen LogP contribution >= 0.6 is 0 Å². The molecule has 2 fully saturated rings. The van der Waals surface area contributed by atoms with Gasteiger partial charge in [-0.05, 0) is 26.2 Å². The second kappa shape index (κ2) is 6.69. The van der Waals surface area contributed by atoms with E-state index in [4.69, 9.17) is 4.74 Å². The third-order valence-corrected chi connectivity index (χ3v) is 3.66. The highest BCUT2D eigenvalue weighted by molar-refractivity contribution is 5.90. The number of carbonyl (C=O) groups is 3. The Balaban J connectivity index is 2.01. The highest BCUT2D eigenvalue weighted by Gasteiger charge is 2.37. The highest BCUT2D eigenvalue weighted by Crippen LogP contribution is 2.19. The molecular formula is C13H21N3O4. The lowest BCUT2D eigenvalue weighted by Gasteiger charge is -2.37. The summed E-state index contributed by atoms with van der Waals surface area (Å²) in [5.74, 6) is -0.585. The molecule has 2 atom stereocenters. The molecule has 0 spiro atoms. The first-order valence-electron chi connectivity index (χ1n) is 7.10. The summed E-state index contributed by atoms with van der Waals surface area (Å²) >= 11 is 0. The quantitative estimate of drug-likeness (QED) is 0.650. The lowest BCUT2D eigenvalue weighted by atomic mass is 10.0. The minimum absolute atomic E-state index is 0.116. The number of likely N-dealkylation sites (tertiary alicyclic amines) is 1. The van der Waals surface area contributed by atoms with Crippen molar-refractivity contribution in [3.05, 3.63) is 0 Å². The molecule has 2 heterocycles. The van der Waals surface area contributed by atoms with Crippen molar-refractivity contribution in [3.63, 3.8) is 0 Å². The molecule has 2 saturated heterocycles. The minimum Gasteiger partial charge on any atom is -0.464 e. The molecule has 20 heavy (non-hydrogen) atoms. The number of nitrogens with zero attached hydrogens (tertiary/aromatic N) is 1. The third-order valence-electron chi connectivity index (χ3n) is 3.66. The Morgan fingerprint density at radius 1 is 1.40 bits per heavy atom. The molecule has 2 rings (SSSR count). The summed E-state index contributed by atoms with van der Waals surface area (Å²) in [6.07, 6.45) is 2.45. The highest BCUT2D eigenvalue weighted by atomic mass is 16.5. The molecule has 2 aliphatic rings.